The van der Waals surface area contributed by atoms with E-state index in [9.17, 15) is 0 Å². The number of halogens is 2. The van der Waals surface area contributed by atoms with Crippen molar-refractivity contribution in [1.82, 2.24) is 9.55 Å². The molecule has 300 valence electrons. The molecule has 0 amide bonds. The van der Waals surface area contributed by atoms with Crippen LogP contribution in [0.15, 0.2) is 160 Å². The van der Waals surface area contributed by atoms with Crippen LogP contribution in [0, 0.1) is 12.3 Å². The van der Waals surface area contributed by atoms with Gasteiger partial charge in [0.15, 0.2) is 0 Å². The van der Waals surface area contributed by atoms with Gasteiger partial charge in [-0.15, -0.1) is 5.47 Å². The maximum atomic E-state index is 17.4. The van der Waals surface area contributed by atoms with Crippen LogP contribution in [0.4, 0.5) is 31.5 Å². The van der Waals surface area contributed by atoms with E-state index in [1.165, 1.54) is 6.07 Å². The molecular weight excluding hydrogens is 1000 g/mol. The van der Waals surface area contributed by atoms with E-state index in [0.717, 1.165) is 16.3 Å². The van der Waals surface area contributed by atoms with Gasteiger partial charge >= 0.3 is 357 Å². The van der Waals surface area contributed by atoms with Gasteiger partial charge in [0.25, 0.3) is 0 Å². The molecule has 5 aromatic carbocycles. The van der Waals surface area contributed by atoms with Gasteiger partial charge in [-0.25, -0.2) is 0 Å². The summed E-state index contributed by atoms with van der Waals surface area (Å²) in [5.41, 5.74) is 6.33. The normalized spacial score (nSPS) is 14.6. The second-order valence-electron chi connectivity index (χ2n) is 16.0. The van der Waals surface area contributed by atoms with Gasteiger partial charge in [0, 0.05) is 0 Å². The van der Waals surface area contributed by atoms with Gasteiger partial charge in [0.2, 0.25) is 0 Å². The fraction of sp³-hybridized carbons (Fsp3) is 0.0980. The molecule has 0 unspecified atom stereocenters. The van der Waals surface area contributed by atoms with Crippen molar-refractivity contribution >= 4 is 145 Å². The first-order chi connectivity index (χ1) is 31.6. The van der Waals surface area contributed by atoms with Crippen molar-refractivity contribution in [2.24, 2.45) is 0 Å². The summed E-state index contributed by atoms with van der Waals surface area (Å²) < 4.78 is 42.9. The van der Waals surface area contributed by atoms with Crippen LogP contribution in [0.5, 0.6) is 0 Å². The van der Waals surface area contributed by atoms with Gasteiger partial charge in [0.05, 0.1) is 7.85 Å². The summed E-state index contributed by atoms with van der Waals surface area (Å²) >= 11 is -3.76. The number of nitrogens with zero attached hydrogens (tertiary/aromatic N) is 3. The SMILES string of the molecule is [B]C/C([B])=C([B])\C([B])=C(/C#C)c1cccc(C/C([B])=C([B])\C([B])=C(\[B])C)c1Nc1ccccc1N(C)c1cccc2[c]1[Pb](=[CH2])[c]1c(ccc3c4ccccc4n(-c4ccccn4)c13)C2(F)F. The first-order valence-corrected chi connectivity index (χ1v) is 27.5. The van der Waals surface area contributed by atoms with E-state index in [-0.39, 0.29) is 62.3 Å². The number of benzene rings is 5. The second-order valence-corrected chi connectivity index (χ2v) is 23.6. The Bertz CT molecular complexity index is 3310. The molecule has 0 saturated carbocycles. The van der Waals surface area contributed by atoms with E-state index in [2.05, 4.69) is 11.2 Å². The topological polar surface area (TPSA) is 33.1 Å². The third kappa shape index (κ3) is 8.16. The van der Waals surface area contributed by atoms with Gasteiger partial charge < -0.3 is 0 Å². The van der Waals surface area contributed by atoms with Crippen molar-refractivity contribution in [2.75, 3.05) is 17.3 Å². The molecule has 0 aliphatic carbocycles. The molecule has 0 atom stereocenters. The van der Waals surface area contributed by atoms with Crippen molar-refractivity contribution in [3.63, 3.8) is 0 Å². The maximum absolute atomic E-state index is 17.4. The number of nitrogens with one attached hydrogen (secondary N) is 1. The van der Waals surface area contributed by atoms with Gasteiger partial charge in [-0.1, -0.05) is 13.2 Å². The van der Waals surface area contributed by atoms with Crippen LogP contribution in [0.1, 0.15) is 29.2 Å². The molecule has 3 heterocycles. The van der Waals surface area contributed by atoms with Crippen LogP contribution < -0.4 is 16.5 Å². The molecular formula is C51H34B8F2N4Pb. The monoisotopic (exact) mass is 1040 g/mol. The number of aromatic nitrogens is 2. The zero-order chi connectivity index (χ0) is 47.2. The molecule has 7 aromatic rings. The fourth-order valence-electron chi connectivity index (χ4n) is 8.66. The Hall–Kier alpha value is -5.66. The van der Waals surface area contributed by atoms with E-state index in [0.29, 0.717) is 56.9 Å². The number of para-hydroxylation sites is 4. The summed E-state index contributed by atoms with van der Waals surface area (Å²) in [7, 11) is 52.0. The molecule has 0 saturated heterocycles. The Labute approximate surface area is 404 Å². The van der Waals surface area contributed by atoms with E-state index in [1.54, 1.807) is 37.4 Å². The summed E-state index contributed by atoms with van der Waals surface area (Å²) in [6, 6.07) is 35.0. The third-order valence-corrected chi connectivity index (χ3v) is 20.8. The van der Waals surface area contributed by atoms with Gasteiger partial charge in [0.1, 0.15) is 23.5 Å². The Morgan fingerprint density at radius 1 is 0.758 bits per heavy atom. The summed E-state index contributed by atoms with van der Waals surface area (Å²) in [6.45, 7) is 1.63. The molecule has 1 aliphatic heterocycles. The Kier molecular flexibility index (Phi) is 13.4. The number of fused-ring (bicyclic) bond motifs is 6. The van der Waals surface area contributed by atoms with Gasteiger partial charge in [-0.2, -0.15) is 0 Å². The Morgan fingerprint density at radius 2 is 1.42 bits per heavy atom. The van der Waals surface area contributed by atoms with Crippen LogP contribution in [0.25, 0.3) is 33.2 Å². The molecule has 0 fully saturated rings. The number of alkyl halides is 2. The average molecular weight is 1030 g/mol. The van der Waals surface area contributed by atoms with Crippen molar-refractivity contribution in [3.05, 3.63) is 182 Å². The van der Waals surface area contributed by atoms with Crippen LogP contribution >= 0.6 is 0 Å². The number of hydrogen-bond donors (Lipinski definition) is 1. The molecule has 15 heteroatoms. The molecule has 0 spiro atoms. The predicted molar refractivity (Wildman–Crippen MR) is 281 cm³/mol. The Balaban J connectivity index is 1.31. The van der Waals surface area contributed by atoms with Gasteiger partial charge in [-0.05, 0) is 0 Å². The number of allylic oxidation sites excluding steroid dienone is 8. The van der Waals surface area contributed by atoms with Crippen LogP contribution in [-0.4, -0.2) is 106 Å². The summed E-state index contributed by atoms with van der Waals surface area (Å²) in [6.07, 6.45) is 7.93. The minimum atomic E-state index is -3.76. The number of anilines is 4. The average Bonchev–Trinajstić information content (AvgIpc) is 3.67. The summed E-state index contributed by atoms with van der Waals surface area (Å²) in [5.74, 6) is -0.00275. The molecule has 1 N–H and O–H groups in total. The third-order valence-electron chi connectivity index (χ3n) is 12.1. The van der Waals surface area contributed by atoms with Crippen molar-refractivity contribution in [2.45, 2.75) is 25.6 Å². The van der Waals surface area contributed by atoms with E-state index >= 15 is 8.78 Å². The van der Waals surface area contributed by atoms with Crippen molar-refractivity contribution < 1.29 is 8.78 Å². The molecule has 8 rings (SSSR count). The molecule has 2 aromatic heterocycles. The minimum absolute atomic E-state index is 0.0149. The van der Waals surface area contributed by atoms with Crippen LogP contribution in [0.3, 0.4) is 0 Å². The first-order valence-electron chi connectivity index (χ1n) is 20.9. The van der Waals surface area contributed by atoms with Crippen molar-refractivity contribution in [3.8, 4) is 18.2 Å². The van der Waals surface area contributed by atoms with E-state index in [4.69, 9.17) is 78.2 Å². The van der Waals surface area contributed by atoms with Crippen molar-refractivity contribution in [1.29, 1.82) is 0 Å². The molecule has 66 heavy (non-hydrogen) atoms. The molecule has 4 nitrogen and oxygen atoms in total. The van der Waals surface area contributed by atoms with E-state index in [1.807, 2.05) is 101 Å². The number of terminal acetylenes is 1. The zero-order valence-electron chi connectivity index (χ0n) is 36.5. The van der Waals surface area contributed by atoms with Crippen LogP contribution in [-0.2, 0) is 12.3 Å². The van der Waals surface area contributed by atoms with Crippen LogP contribution in [0.2, 0.25) is 6.32 Å². The quantitative estimate of drug-likeness (QED) is 0.0856. The summed E-state index contributed by atoms with van der Waals surface area (Å²) in [4.78, 5) is 6.62. The predicted octanol–water partition coefficient (Wildman–Crippen LogP) is 7.07. The number of pyridine rings is 1. The number of hydrogen-bond acceptors (Lipinski definition) is 3. The number of rotatable bonds is 11. The standard InChI is InChI=1S/C50H32B8F2N4.CH2.Pb/c1-4-34(46(56)48(58)39(54)28-51)37-17-11-13-30(25-38(53)47(57)45(55)29(2)52)49(37)62-40-18-6-8-20-42(40)63(3)33-15-12-14-31(26-33)50(59,60)32-22-23-36-35-16-5-7-19-41(35)64(43(36)27-32)44-21-9-10-24-61-44;;/h1,5-24,62H,25,28H2,2-3H3;1H2;/b45-29-,46-34-,47-38-,48-39-;;. The fourth-order valence-corrected chi connectivity index (χ4v) is 18.3. The second kappa shape index (κ2) is 18.9. The molecule has 16 radical (unpaired) electrons. The molecule has 1 aliphatic rings. The van der Waals surface area contributed by atoms with E-state index < -0.39 is 28.1 Å². The zero-order valence-corrected chi connectivity index (χ0v) is 40.3. The first kappa shape index (κ1) is 46.9. The Morgan fingerprint density at radius 3 is 2.14 bits per heavy atom. The summed E-state index contributed by atoms with van der Waals surface area (Å²) in [5, 5.41) is 5.43. The van der Waals surface area contributed by atoms with Gasteiger partial charge in [-0.3, -0.25) is 0 Å². The molecule has 0 bridgehead atoms.